The molecule has 3 aromatic heterocycles. The molecule has 1 N–H and O–H groups in total. The summed E-state index contributed by atoms with van der Waals surface area (Å²) in [7, 11) is 0. The number of hydrogen-bond acceptors (Lipinski definition) is 5. The Kier molecular flexibility index (Phi) is 4.18. The van der Waals surface area contributed by atoms with Crippen LogP contribution in [0.2, 0.25) is 0 Å². The van der Waals surface area contributed by atoms with Crippen molar-refractivity contribution in [3.05, 3.63) is 55.0 Å². The lowest BCUT2D eigenvalue weighted by molar-refractivity contribution is 0.303. The van der Waals surface area contributed by atoms with Crippen LogP contribution in [-0.2, 0) is 0 Å². The van der Waals surface area contributed by atoms with Gasteiger partial charge in [-0.2, -0.15) is 10.2 Å². The first kappa shape index (κ1) is 17.5. The number of aromatic nitrogens is 5. The molecule has 2 aliphatic rings. The number of aromatic amines is 1. The van der Waals surface area contributed by atoms with Gasteiger partial charge in [-0.3, -0.25) is 9.78 Å². The van der Waals surface area contributed by atoms with Crippen molar-refractivity contribution in [2.24, 2.45) is 0 Å². The van der Waals surface area contributed by atoms with E-state index in [-0.39, 0.29) is 0 Å². The molecule has 0 atom stereocenters. The molecule has 7 heteroatoms. The second-order valence-corrected chi connectivity index (χ2v) is 8.20. The Labute approximate surface area is 174 Å². The highest BCUT2D eigenvalue weighted by molar-refractivity contribution is 5.94. The lowest BCUT2D eigenvalue weighted by atomic mass is 10.0. The van der Waals surface area contributed by atoms with Crippen molar-refractivity contribution >= 4 is 16.7 Å². The molecule has 4 aromatic rings. The normalized spacial score (nSPS) is 17.5. The summed E-state index contributed by atoms with van der Waals surface area (Å²) in [5, 5.41) is 13.2. The minimum absolute atomic E-state index is 0.384. The first-order valence-corrected chi connectivity index (χ1v) is 10.7. The van der Waals surface area contributed by atoms with Gasteiger partial charge >= 0.3 is 0 Å². The second kappa shape index (κ2) is 7.16. The van der Waals surface area contributed by atoms with E-state index in [0.717, 1.165) is 72.5 Å². The molecule has 0 radical (unpaired) electrons. The molecule has 0 amide bonds. The van der Waals surface area contributed by atoms with E-state index in [1.54, 1.807) is 0 Å². The molecular weight excluding hydrogens is 376 g/mol. The number of anilines is 1. The molecule has 4 heterocycles. The molecule has 1 aliphatic heterocycles. The number of pyridine rings is 1. The molecule has 2 fully saturated rings. The average molecular weight is 400 g/mol. The molecule has 0 spiro atoms. The van der Waals surface area contributed by atoms with Crippen LogP contribution >= 0.6 is 0 Å². The zero-order valence-corrected chi connectivity index (χ0v) is 16.7. The molecule has 0 unspecified atom stereocenters. The maximum atomic E-state index is 5.98. The molecule has 0 bridgehead atoms. The number of benzene rings is 1. The van der Waals surface area contributed by atoms with Crippen molar-refractivity contribution in [2.45, 2.75) is 37.8 Å². The van der Waals surface area contributed by atoms with Crippen LogP contribution in [0, 0.1) is 0 Å². The largest absolute Gasteiger partial charge is 0.490 e. The van der Waals surface area contributed by atoms with E-state index in [4.69, 9.17) is 4.74 Å². The van der Waals surface area contributed by atoms with E-state index in [9.17, 15) is 0 Å². The summed E-state index contributed by atoms with van der Waals surface area (Å²) in [6.07, 6.45) is 10.6. The lowest BCUT2D eigenvalue weighted by Crippen LogP contribution is -2.35. The van der Waals surface area contributed by atoms with Crippen molar-refractivity contribution in [1.82, 2.24) is 25.0 Å². The van der Waals surface area contributed by atoms with Crippen molar-refractivity contribution in [2.75, 3.05) is 18.0 Å². The molecule has 1 aliphatic carbocycles. The number of nitrogens with zero attached hydrogens (tertiary/aromatic N) is 5. The van der Waals surface area contributed by atoms with Crippen LogP contribution in [0.25, 0.3) is 22.2 Å². The highest BCUT2D eigenvalue weighted by Crippen LogP contribution is 2.34. The number of H-pyrrole nitrogens is 1. The van der Waals surface area contributed by atoms with Gasteiger partial charge in [0, 0.05) is 42.6 Å². The third-order valence-corrected chi connectivity index (χ3v) is 6.07. The maximum absolute atomic E-state index is 5.98. The van der Waals surface area contributed by atoms with Crippen LogP contribution in [0.5, 0.6) is 5.75 Å². The number of rotatable bonds is 5. The number of fused-ring (bicyclic) bond motifs is 1. The Hall–Kier alpha value is -3.35. The van der Waals surface area contributed by atoms with Crippen LogP contribution < -0.4 is 9.64 Å². The zero-order valence-electron chi connectivity index (χ0n) is 16.7. The van der Waals surface area contributed by atoms with Crippen LogP contribution in [0.1, 0.15) is 31.7 Å². The maximum Gasteiger partial charge on any atom is 0.129 e. The predicted octanol–water partition coefficient (Wildman–Crippen LogP) is 4.20. The van der Waals surface area contributed by atoms with Crippen molar-refractivity contribution in [1.29, 1.82) is 0 Å². The van der Waals surface area contributed by atoms with E-state index in [0.29, 0.717) is 12.1 Å². The number of ether oxygens (including phenoxy) is 1. The number of nitrogens with one attached hydrogen (secondary N) is 1. The molecule has 152 valence electrons. The predicted molar refractivity (Wildman–Crippen MR) is 116 cm³/mol. The number of piperidine rings is 1. The quantitative estimate of drug-likeness (QED) is 0.543. The summed E-state index contributed by atoms with van der Waals surface area (Å²) < 4.78 is 8.07. The monoisotopic (exact) mass is 400 g/mol. The third kappa shape index (κ3) is 3.30. The topological polar surface area (TPSA) is 71.9 Å². The summed E-state index contributed by atoms with van der Waals surface area (Å²) in [4.78, 5) is 7.01. The molecule has 1 aromatic carbocycles. The van der Waals surface area contributed by atoms with Gasteiger partial charge in [-0.15, -0.1) is 0 Å². The van der Waals surface area contributed by atoms with E-state index < -0.39 is 0 Å². The van der Waals surface area contributed by atoms with Gasteiger partial charge in [0.05, 0.1) is 17.7 Å². The SMILES string of the molecule is c1cnn(C2CCN(c3cc(-c4n[nH]c5ccc(OC6CC6)cc45)ccn3)CC2)c1. The molecule has 1 saturated carbocycles. The highest BCUT2D eigenvalue weighted by atomic mass is 16.5. The van der Waals surface area contributed by atoms with E-state index in [1.165, 1.54) is 0 Å². The standard InChI is InChI=1S/C23H24N6O/c1-9-25-29(11-1)17-7-12-28(13-8-17)22-14-16(6-10-24-22)23-20-15-19(30-18-2-3-18)4-5-21(20)26-27-23/h1,4-6,9-11,14-15,17-18H,2-3,7-8,12-13H2,(H,26,27). The van der Waals surface area contributed by atoms with Gasteiger partial charge < -0.3 is 9.64 Å². The van der Waals surface area contributed by atoms with Gasteiger partial charge in [0.15, 0.2) is 0 Å². The Balaban J connectivity index is 1.25. The molecular formula is C23H24N6O. The summed E-state index contributed by atoms with van der Waals surface area (Å²) >= 11 is 0. The minimum Gasteiger partial charge on any atom is -0.490 e. The van der Waals surface area contributed by atoms with Crippen molar-refractivity contribution < 1.29 is 4.74 Å². The fraction of sp³-hybridized carbons (Fsp3) is 0.348. The van der Waals surface area contributed by atoms with Crippen LogP contribution in [-0.4, -0.2) is 44.2 Å². The first-order valence-electron chi connectivity index (χ1n) is 10.7. The number of hydrogen-bond donors (Lipinski definition) is 1. The van der Waals surface area contributed by atoms with Gasteiger partial charge in [-0.1, -0.05) is 0 Å². The van der Waals surface area contributed by atoms with Crippen LogP contribution in [0.15, 0.2) is 55.0 Å². The molecule has 6 rings (SSSR count). The Morgan fingerprint density at radius 2 is 1.90 bits per heavy atom. The van der Waals surface area contributed by atoms with Gasteiger partial charge in [0.2, 0.25) is 0 Å². The zero-order chi connectivity index (χ0) is 19.9. The Bertz CT molecular complexity index is 1160. The summed E-state index contributed by atoms with van der Waals surface area (Å²) in [5.74, 6) is 1.93. The summed E-state index contributed by atoms with van der Waals surface area (Å²) in [6.45, 7) is 1.95. The average Bonchev–Trinajstić information content (AvgIpc) is 3.27. The lowest BCUT2D eigenvalue weighted by Gasteiger charge is -2.33. The minimum atomic E-state index is 0.384. The molecule has 7 nitrogen and oxygen atoms in total. The Morgan fingerprint density at radius 1 is 1.00 bits per heavy atom. The summed E-state index contributed by atoms with van der Waals surface area (Å²) in [5.41, 5.74) is 3.04. The van der Waals surface area contributed by atoms with Gasteiger partial charge in [0.25, 0.3) is 0 Å². The van der Waals surface area contributed by atoms with E-state index >= 15 is 0 Å². The fourth-order valence-corrected chi connectivity index (χ4v) is 4.26. The molecule has 30 heavy (non-hydrogen) atoms. The second-order valence-electron chi connectivity index (χ2n) is 8.20. The van der Waals surface area contributed by atoms with Crippen LogP contribution in [0.4, 0.5) is 5.82 Å². The molecule has 1 saturated heterocycles. The van der Waals surface area contributed by atoms with Gasteiger partial charge in [0.1, 0.15) is 17.3 Å². The van der Waals surface area contributed by atoms with Gasteiger partial charge in [-0.25, -0.2) is 4.98 Å². The smallest absolute Gasteiger partial charge is 0.129 e. The fourth-order valence-electron chi connectivity index (χ4n) is 4.26. The van der Waals surface area contributed by atoms with E-state index in [2.05, 4.69) is 48.2 Å². The van der Waals surface area contributed by atoms with Crippen molar-refractivity contribution in [3.8, 4) is 17.0 Å². The van der Waals surface area contributed by atoms with Crippen molar-refractivity contribution in [3.63, 3.8) is 0 Å². The first-order chi connectivity index (χ1) is 14.8. The van der Waals surface area contributed by atoms with E-state index in [1.807, 2.05) is 36.7 Å². The van der Waals surface area contributed by atoms with Crippen LogP contribution in [0.3, 0.4) is 0 Å². The van der Waals surface area contributed by atoms with Gasteiger partial charge in [-0.05, 0) is 62.1 Å². The highest BCUT2D eigenvalue weighted by Gasteiger charge is 2.24. The third-order valence-electron chi connectivity index (χ3n) is 6.07. The Morgan fingerprint density at radius 3 is 2.70 bits per heavy atom. The summed E-state index contributed by atoms with van der Waals surface area (Å²) in [6, 6.07) is 12.8.